The van der Waals surface area contributed by atoms with Crippen LogP contribution in [0.5, 0.6) is 5.75 Å². The van der Waals surface area contributed by atoms with Gasteiger partial charge in [-0.2, -0.15) is 0 Å². The van der Waals surface area contributed by atoms with Crippen LogP contribution in [0.1, 0.15) is 50.3 Å². The summed E-state index contributed by atoms with van der Waals surface area (Å²) < 4.78 is 11.6. The second-order valence-electron chi connectivity index (χ2n) is 9.75. The molecule has 2 aromatic carbocycles. The Bertz CT molecular complexity index is 997. The topological polar surface area (TPSA) is 59.1 Å². The van der Waals surface area contributed by atoms with Gasteiger partial charge in [0.05, 0.1) is 6.42 Å². The Morgan fingerprint density at radius 1 is 1.18 bits per heavy atom. The van der Waals surface area contributed by atoms with Crippen molar-refractivity contribution in [3.05, 3.63) is 71.8 Å². The lowest BCUT2D eigenvalue weighted by molar-refractivity contribution is -0.132. The Hall–Kier alpha value is -3.28. The summed E-state index contributed by atoms with van der Waals surface area (Å²) in [7, 11) is 1.81. The van der Waals surface area contributed by atoms with Gasteiger partial charge in [-0.3, -0.25) is 4.79 Å². The number of amides is 2. The largest absolute Gasteiger partial charge is 0.489 e. The monoisotopic (exact) mass is 464 g/mol. The summed E-state index contributed by atoms with van der Waals surface area (Å²) in [4.78, 5) is 29.2. The Kier molecular flexibility index (Phi) is 8.37. The highest BCUT2D eigenvalue weighted by Crippen LogP contribution is 2.25. The van der Waals surface area contributed by atoms with E-state index in [9.17, 15) is 9.59 Å². The molecule has 2 aromatic rings. The minimum Gasteiger partial charge on any atom is -0.489 e. The first kappa shape index (κ1) is 25.3. The molecule has 6 nitrogen and oxygen atoms in total. The quantitative estimate of drug-likeness (QED) is 0.557. The number of hydrogen-bond acceptors (Lipinski definition) is 4. The molecule has 1 saturated heterocycles. The highest BCUT2D eigenvalue weighted by atomic mass is 16.6. The van der Waals surface area contributed by atoms with Gasteiger partial charge in [0.25, 0.3) is 0 Å². The number of carbonyl (C=O) groups excluding carboxylic acids is 2. The van der Waals surface area contributed by atoms with Crippen LogP contribution >= 0.6 is 0 Å². The lowest BCUT2D eigenvalue weighted by Gasteiger charge is -2.38. The highest BCUT2D eigenvalue weighted by Gasteiger charge is 2.31. The molecular weight excluding hydrogens is 428 g/mol. The van der Waals surface area contributed by atoms with E-state index in [1.54, 1.807) is 15.9 Å². The molecule has 1 aliphatic rings. The third-order valence-corrected chi connectivity index (χ3v) is 5.89. The van der Waals surface area contributed by atoms with Crippen LogP contribution in [0.3, 0.4) is 0 Å². The summed E-state index contributed by atoms with van der Waals surface area (Å²) in [5, 5.41) is 0. The van der Waals surface area contributed by atoms with Crippen molar-refractivity contribution in [3.63, 3.8) is 0 Å². The number of likely N-dealkylation sites (tertiary alicyclic amines) is 1. The standard InChI is InChI=1S/C28H36N2O4/c1-6-21-14-15-25(33-20-22-11-8-7-9-12-22)23(17-21)18-26(31)29(5)24-13-10-16-30(19-24)27(32)34-28(2,3)4/h6-9,11-12,14-15,17,24H,1,10,13,16,18-20H2,2-5H3. The summed E-state index contributed by atoms with van der Waals surface area (Å²) in [5.41, 5.74) is 2.28. The zero-order valence-electron chi connectivity index (χ0n) is 20.8. The van der Waals surface area contributed by atoms with Crippen molar-refractivity contribution < 1.29 is 19.1 Å². The molecule has 1 atom stereocenters. The summed E-state index contributed by atoms with van der Waals surface area (Å²) in [6.07, 6.45) is 3.34. The molecule has 6 heteroatoms. The Morgan fingerprint density at radius 2 is 1.91 bits per heavy atom. The number of carbonyl (C=O) groups is 2. The van der Waals surface area contributed by atoms with E-state index < -0.39 is 5.60 Å². The van der Waals surface area contributed by atoms with Gasteiger partial charge in [-0.05, 0) is 56.9 Å². The molecule has 0 N–H and O–H groups in total. The molecule has 34 heavy (non-hydrogen) atoms. The van der Waals surface area contributed by atoms with Gasteiger partial charge in [0.15, 0.2) is 0 Å². The molecule has 1 unspecified atom stereocenters. The molecule has 0 radical (unpaired) electrons. The van der Waals surface area contributed by atoms with Gasteiger partial charge in [-0.1, -0.05) is 49.1 Å². The van der Waals surface area contributed by atoms with Crippen LogP contribution < -0.4 is 4.74 Å². The van der Waals surface area contributed by atoms with Gasteiger partial charge in [-0.25, -0.2) is 4.79 Å². The van der Waals surface area contributed by atoms with Gasteiger partial charge >= 0.3 is 6.09 Å². The van der Waals surface area contributed by atoms with E-state index in [0.717, 1.165) is 29.5 Å². The number of piperidine rings is 1. The van der Waals surface area contributed by atoms with Crippen molar-refractivity contribution >= 4 is 18.1 Å². The van der Waals surface area contributed by atoms with Crippen LogP contribution in [0.25, 0.3) is 6.08 Å². The van der Waals surface area contributed by atoms with E-state index in [1.807, 2.05) is 76.3 Å². The van der Waals surface area contributed by atoms with Crippen LogP contribution in [0.2, 0.25) is 0 Å². The minimum absolute atomic E-state index is 0.0122. The predicted octanol–water partition coefficient (Wildman–Crippen LogP) is 5.31. The fraction of sp³-hybridized carbons (Fsp3) is 0.429. The number of likely N-dealkylation sites (N-methyl/N-ethyl adjacent to an activating group) is 1. The summed E-state index contributed by atoms with van der Waals surface area (Å²) in [6, 6.07) is 15.7. The number of hydrogen-bond donors (Lipinski definition) is 0. The van der Waals surface area contributed by atoms with E-state index in [1.165, 1.54) is 0 Å². The van der Waals surface area contributed by atoms with Gasteiger partial charge < -0.3 is 19.3 Å². The van der Waals surface area contributed by atoms with E-state index in [4.69, 9.17) is 9.47 Å². The lowest BCUT2D eigenvalue weighted by Crippen LogP contribution is -2.51. The van der Waals surface area contributed by atoms with Crippen LogP contribution in [0.15, 0.2) is 55.1 Å². The van der Waals surface area contributed by atoms with Crippen molar-refractivity contribution in [2.45, 2.75) is 58.3 Å². The first-order chi connectivity index (χ1) is 16.2. The predicted molar refractivity (Wildman–Crippen MR) is 135 cm³/mol. The van der Waals surface area contributed by atoms with Crippen molar-refractivity contribution in [1.82, 2.24) is 9.80 Å². The maximum Gasteiger partial charge on any atom is 0.410 e. The Labute approximate surface area is 203 Å². The van der Waals surface area contributed by atoms with Crippen molar-refractivity contribution in [3.8, 4) is 5.75 Å². The molecule has 2 amide bonds. The average Bonchev–Trinajstić information content (AvgIpc) is 2.82. The zero-order chi connectivity index (χ0) is 24.7. The van der Waals surface area contributed by atoms with E-state index in [2.05, 4.69) is 6.58 Å². The third kappa shape index (κ3) is 7.11. The molecule has 182 valence electrons. The number of ether oxygens (including phenoxy) is 2. The maximum atomic E-state index is 13.3. The number of nitrogens with zero attached hydrogens (tertiary/aromatic N) is 2. The molecule has 0 bridgehead atoms. The fourth-order valence-electron chi connectivity index (χ4n) is 4.00. The molecule has 1 aliphatic heterocycles. The van der Waals surface area contributed by atoms with Gasteiger partial charge in [0.1, 0.15) is 18.0 Å². The zero-order valence-corrected chi connectivity index (χ0v) is 20.8. The fourth-order valence-corrected chi connectivity index (χ4v) is 4.00. The van der Waals surface area contributed by atoms with Crippen LogP contribution in [0, 0.1) is 0 Å². The minimum atomic E-state index is -0.544. The molecule has 0 aliphatic carbocycles. The van der Waals surface area contributed by atoms with Crippen LogP contribution in [-0.4, -0.2) is 53.6 Å². The van der Waals surface area contributed by atoms with E-state index in [0.29, 0.717) is 25.4 Å². The van der Waals surface area contributed by atoms with Gasteiger partial charge in [0, 0.05) is 31.7 Å². The molecule has 1 fully saturated rings. The molecular formula is C28H36N2O4. The normalized spacial score (nSPS) is 16.0. The molecule has 0 aromatic heterocycles. The molecule has 0 spiro atoms. The summed E-state index contributed by atoms with van der Waals surface area (Å²) >= 11 is 0. The van der Waals surface area contributed by atoms with E-state index in [-0.39, 0.29) is 24.5 Å². The van der Waals surface area contributed by atoms with Crippen molar-refractivity contribution in [1.29, 1.82) is 0 Å². The first-order valence-electron chi connectivity index (χ1n) is 11.8. The van der Waals surface area contributed by atoms with Gasteiger partial charge in [-0.15, -0.1) is 0 Å². The lowest BCUT2D eigenvalue weighted by atomic mass is 10.0. The van der Waals surface area contributed by atoms with Crippen molar-refractivity contribution in [2.24, 2.45) is 0 Å². The number of rotatable bonds is 7. The van der Waals surface area contributed by atoms with Crippen LogP contribution in [0.4, 0.5) is 4.79 Å². The molecule has 0 saturated carbocycles. The SMILES string of the molecule is C=Cc1ccc(OCc2ccccc2)c(CC(=O)N(C)C2CCCN(C(=O)OC(C)(C)C)C2)c1. The van der Waals surface area contributed by atoms with E-state index >= 15 is 0 Å². The molecule has 3 rings (SSSR count). The van der Waals surface area contributed by atoms with Crippen molar-refractivity contribution in [2.75, 3.05) is 20.1 Å². The Balaban J connectivity index is 1.67. The van der Waals surface area contributed by atoms with Crippen LogP contribution in [-0.2, 0) is 22.6 Å². The summed E-state index contributed by atoms with van der Waals surface area (Å²) in [5.74, 6) is 0.678. The highest BCUT2D eigenvalue weighted by molar-refractivity contribution is 5.80. The second kappa shape index (κ2) is 11.2. The van der Waals surface area contributed by atoms with Gasteiger partial charge in [0.2, 0.25) is 5.91 Å². The first-order valence-corrected chi connectivity index (χ1v) is 11.8. The third-order valence-electron chi connectivity index (χ3n) is 5.89. The summed E-state index contributed by atoms with van der Waals surface area (Å²) in [6.45, 7) is 11.0. The smallest absolute Gasteiger partial charge is 0.410 e. The molecule has 1 heterocycles. The number of benzene rings is 2. The second-order valence-corrected chi connectivity index (χ2v) is 9.75. The maximum absolute atomic E-state index is 13.3. The Morgan fingerprint density at radius 3 is 2.59 bits per heavy atom. The average molecular weight is 465 g/mol.